The molecule has 1 N–H and O–H groups in total. The largest absolute Gasteiger partial charge is 0.310 e. The third kappa shape index (κ3) is 1.20. The molecular formula is C11H14N4O. The SMILES string of the molecule is CCc1nc(C2CCC2)n2nc[nH]c(=O)c12. The van der Waals surface area contributed by atoms with E-state index < -0.39 is 0 Å². The summed E-state index contributed by atoms with van der Waals surface area (Å²) in [5.74, 6) is 1.45. The lowest BCUT2D eigenvalue weighted by Gasteiger charge is -2.23. The van der Waals surface area contributed by atoms with Crippen molar-refractivity contribution >= 4 is 5.52 Å². The van der Waals surface area contributed by atoms with Crippen LogP contribution in [-0.4, -0.2) is 19.6 Å². The molecule has 0 spiro atoms. The molecule has 0 atom stereocenters. The highest BCUT2D eigenvalue weighted by Crippen LogP contribution is 2.35. The quantitative estimate of drug-likeness (QED) is 0.825. The van der Waals surface area contributed by atoms with E-state index in [1.165, 1.54) is 12.7 Å². The van der Waals surface area contributed by atoms with Crippen LogP contribution in [-0.2, 0) is 6.42 Å². The van der Waals surface area contributed by atoms with Crippen molar-refractivity contribution in [1.29, 1.82) is 0 Å². The Morgan fingerprint density at radius 2 is 2.38 bits per heavy atom. The summed E-state index contributed by atoms with van der Waals surface area (Å²) < 4.78 is 1.72. The van der Waals surface area contributed by atoms with E-state index in [-0.39, 0.29) is 5.56 Å². The highest BCUT2D eigenvalue weighted by atomic mass is 16.1. The summed E-state index contributed by atoms with van der Waals surface area (Å²) in [6.45, 7) is 2.01. The number of hydrogen-bond acceptors (Lipinski definition) is 3. The minimum atomic E-state index is -0.0927. The van der Waals surface area contributed by atoms with Gasteiger partial charge in [0.1, 0.15) is 12.2 Å². The molecule has 1 fully saturated rings. The Hall–Kier alpha value is -1.65. The van der Waals surface area contributed by atoms with E-state index in [0.29, 0.717) is 11.4 Å². The fourth-order valence-electron chi connectivity index (χ4n) is 2.21. The van der Waals surface area contributed by atoms with E-state index in [0.717, 1.165) is 30.8 Å². The summed E-state index contributed by atoms with van der Waals surface area (Å²) in [7, 11) is 0. The maximum Gasteiger partial charge on any atom is 0.277 e. The Balaban J connectivity index is 2.29. The second kappa shape index (κ2) is 3.43. The van der Waals surface area contributed by atoms with Crippen LogP contribution in [0.5, 0.6) is 0 Å². The van der Waals surface area contributed by atoms with Crippen molar-refractivity contribution in [2.45, 2.75) is 38.5 Å². The van der Waals surface area contributed by atoms with E-state index >= 15 is 0 Å². The maximum absolute atomic E-state index is 11.7. The van der Waals surface area contributed by atoms with Crippen LogP contribution in [0.2, 0.25) is 0 Å². The van der Waals surface area contributed by atoms with Crippen molar-refractivity contribution in [2.75, 3.05) is 0 Å². The molecule has 16 heavy (non-hydrogen) atoms. The molecule has 3 rings (SSSR count). The predicted molar refractivity (Wildman–Crippen MR) is 59.6 cm³/mol. The molecule has 2 aromatic rings. The summed E-state index contributed by atoms with van der Waals surface area (Å²) in [5.41, 5.74) is 1.38. The van der Waals surface area contributed by atoms with Crippen molar-refractivity contribution < 1.29 is 0 Å². The van der Waals surface area contributed by atoms with Crippen molar-refractivity contribution in [3.05, 3.63) is 28.2 Å². The van der Waals surface area contributed by atoms with Crippen molar-refractivity contribution in [1.82, 2.24) is 19.6 Å². The van der Waals surface area contributed by atoms with Crippen LogP contribution in [0.3, 0.4) is 0 Å². The molecule has 0 unspecified atom stereocenters. The molecule has 1 saturated carbocycles. The summed E-state index contributed by atoms with van der Waals surface area (Å²) >= 11 is 0. The minimum absolute atomic E-state index is 0.0927. The number of nitrogens with zero attached hydrogens (tertiary/aromatic N) is 3. The van der Waals surface area contributed by atoms with Crippen molar-refractivity contribution in [2.24, 2.45) is 0 Å². The van der Waals surface area contributed by atoms with E-state index in [1.807, 2.05) is 6.92 Å². The van der Waals surface area contributed by atoms with Gasteiger partial charge in [0.25, 0.3) is 5.56 Å². The molecule has 2 aromatic heterocycles. The van der Waals surface area contributed by atoms with Gasteiger partial charge < -0.3 is 4.98 Å². The molecule has 2 heterocycles. The number of rotatable bonds is 2. The molecule has 0 amide bonds. The first-order chi connectivity index (χ1) is 7.81. The number of imidazole rings is 1. The average Bonchev–Trinajstić information content (AvgIpc) is 2.56. The molecule has 0 bridgehead atoms. The van der Waals surface area contributed by atoms with Gasteiger partial charge in [0.15, 0.2) is 5.52 Å². The first kappa shape index (κ1) is 9.57. The first-order valence-electron chi connectivity index (χ1n) is 5.76. The molecule has 0 aliphatic heterocycles. The fraction of sp³-hybridized carbons (Fsp3) is 0.545. The van der Waals surface area contributed by atoms with Gasteiger partial charge in [-0.05, 0) is 19.3 Å². The van der Waals surface area contributed by atoms with Gasteiger partial charge in [0.2, 0.25) is 0 Å². The molecule has 1 aliphatic rings. The van der Waals surface area contributed by atoms with Crippen molar-refractivity contribution in [3.8, 4) is 0 Å². The number of nitrogens with one attached hydrogen (secondary N) is 1. The normalized spacial score (nSPS) is 16.6. The molecule has 0 radical (unpaired) electrons. The molecule has 5 heteroatoms. The highest BCUT2D eigenvalue weighted by Gasteiger charge is 2.26. The number of aromatic nitrogens is 4. The van der Waals surface area contributed by atoms with Gasteiger partial charge in [-0.1, -0.05) is 13.3 Å². The molecule has 84 valence electrons. The first-order valence-corrected chi connectivity index (χ1v) is 5.76. The molecule has 0 saturated heterocycles. The zero-order valence-electron chi connectivity index (χ0n) is 9.23. The van der Waals surface area contributed by atoms with Crippen LogP contribution in [0.15, 0.2) is 11.1 Å². The van der Waals surface area contributed by atoms with Crippen LogP contribution in [0.4, 0.5) is 0 Å². The Morgan fingerprint density at radius 3 is 3.00 bits per heavy atom. The van der Waals surface area contributed by atoms with Gasteiger partial charge >= 0.3 is 0 Å². The van der Waals surface area contributed by atoms with E-state index in [2.05, 4.69) is 15.1 Å². The third-order valence-electron chi connectivity index (χ3n) is 3.34. The maximum atomic E-state index is 11.7. The molecular weight excluding hydrogens is 204 g/mol. The van der Waals surface area contributed by atoms with Gasteiger partial charge in [0, 0.05) is 5.92 Å². The van der Waals surface area contributed by atoms with E-state index in [1.54, 1.807) is 4.52 Å². The second-order valence-corrected chi connectivity index (χ2v) is 4.28. The zero-order valence-corrected chi connectivity index (χ0v) is 9.23. The lowest BCUT2D eigenvalue weighted by Crippen LogP contribution is -2.16. The van der Waals surface area contributed by atoms with Crippen molar-refractivity contribution in [3.63, 3.8) is 0 Å². The number of aromatic amines is 1. The Bertz CT molecular complexity index is 579. The molecule has 1 aliphatic carbocycles. The summed E-state index contributed by atoms with van der Waals surface area (Å²) in [4.78, 5) is 18.9. The Labute approximate surface area is 92.5 Å². The number of aryl methyl sites for hydroxylation is 1. The average molecular weight is 218 g/mol. The minimum Gasteiger partial charge on any atom is -0.310 e. The monoisotopic (exact) mass is 218 g/mol. The van der Waals surface area contributed by atoms with Crippen LogP contribution < -0.4 is 5.56 Å². The van der Waals surface area contributed by atoms with E-state index in [9.17, 15) is 4.79 Å². The van der Waals surface area contributed by atoms with Gasteiger partial charge in [-0.3, -0.25) is 4.79 Å². The zero-order chi connectivity index (χ0) is 11.1. The number of H-pyrrole nitrogens is 1. The van der Waals surface area contributed by atoms with Crippen LogP contribution in [0.25, 0.3) is 5.52 Å². The molecule has 0 aromatic carbocycles. The second-order valence-electron chi connectivity index (χ2n) is 4.28. The summed E-state index contributed by atoms with van der Waals surface area (Å²) in [5, 5.41) is 4.21. The van der Waals surface area contributed by atoms with Crippen LogP contribution in [0, 0.1) is 0 Å². The smallest absolute Gasteiger partial charge is 0.277 e. The third-order valence-corrected chi connectivity index (χ3v) is 3.34. The fourth-order valence-corrected chi connectivity index (χ4v) is 2.21. The Morgan fingerprint density at radius 1 is 1.56 bits per heavy atom. The Kier molecular flexibility index (Phi) is 2.05. The summed E-state index contributed by atoms with van der Waals surface area (Å²) in [6, 6.07) is 0. The van der Waals surface area contributed by atoms with E-state index in [4.69, 9.17) is 0 Å². The van der Waals surface area contributed by atoms with Crippen LogP contribution in [0.1, 0.15) is 43.6 Å². The van der Waals surface area contributed by atoms with Gasteiger partial charge in [-0.2, -0.15) is 5.10 Å². The predicted octanol–water partition coefficient (Wildman–Crippen LogP) is 1.25. The highest BCUT2D eigenvalue weighted by molar-refractivity contribution is 5.50. The lowest BCUT2D eigenvalue weighted by molar-refractivity contribution is 0.395. The number of hydrogen-bond donors (Lipinski definition) is 1. The topological polar surface area (TPSA) is 63.1 Å². The van der Waals surface area contributed by atoms with Gasteiger partial charge in [-0.15, -0.1) is 0 Å². The van der Waals surface area contributed by atoms with Gasteiger partial charge in [-0.25, -0.2) is 9.50 Å². The lowest BCUT2D eigenvalue weighted by atomic mass is 9.85. The standard InChI is InChI=1S/C11H14N4O/c1-2-8-9-11(16)12-6-13-15(9)10(14-8)7-4-3-5-7/h6-7H,2-5H2,1H3,(H,12,13,16). The number of fused-ring (bicyclic) bond motifs is 1. The summed E-state index contributed by atoms with van der Waals surface area (Å²) in [6.07, 6.45) is 5.79. The molecule has 5 nitrogen and oxygen atoms in total. The van der Waals surface area contributed by atoms with Gasteiger partial charge in [0.05, 0.1) is 5.69 Å². The van der Waals surface area contributed by atoms with Crippen LogP contribution >= 0.6 is 0 Å².